The number of hydrogen-bond donors (Lipinski definition) is 0. The molecule has 0 aromatic heterocycles. The minimum Gasteiger partial charge on any atom is -0.497 e. The molecule has 0 saturated heterocycles. The maximum atomic E-state index is 13.6. The van der Waals surface area contributed by atoms with E-state index in [4.69, 9.17) is 18.9 Å². The van der Waals surface area contributed by atoms with Gasteiger partial charge in [-0.15, -0.1) is 0 Å². The van der Waals surface area contributed by atoms with Gasteiger partial charge in [-0.05, 0) is 48.5 Å². The third kappa shape index (κ3) is 6.76. The van der Waals surface area contributed by atoms with Crippen LogP contribution in [0.25, 0.3) is 0 Å². The first-order valence-electron chi connectivity index (χ1n) is 11.9. The summed E-state index contributed by atoms with van der Waals surface area (Å²) in [5.41, 5.74) is 0.965. The van der Waals surface area contributed by atoms with Gasteiger partial charge >= 0.3 is 0 Å². The van der Waals surface area contributed by atoms with Gasteiger partial charge in [-0.3, -0.25) is 9.59 Å². The Morgan fingerprint density at radius 3 is 1.16 bits per heavy atom. The lowest BCUT2D eigenvalue weighted by Gasteiger charge is -2.24. The molecule has 4 rings (SSSR count). The Bertz CT molecular complexity index is 1180. The normalized spacial score (nSPS) is 12.2. The van der Waals surface area contributed by atoms with Gasteiger partial charge in [-0.25, -0.2) is 0 Å². The topological polar surface area (TPSA) is 71.1 Å². The highest BCUT2D eigenvalue weighted by Crippen LogP contribution is 2.25. The zero-order valence-electron chi connectivity index (χ0n) is 20.7. The number of carbonyl (C=O) groups excluding carboxylic acids is 2. The van der Waals surface area contributed by atoms with Crippen molar-refractivity contribution in [2.45, 2.75) is 18.6 Å². The summed E-state index contributed by atoms with van der Waals surface area (Å²) in [7, 11) is 3.15. The van der Waals surface area contributed by atoms with E-state index in [1.807, 2.05) is 12.1 Å². The molecule has 0 aliphatic heterocycles. The van der Waals surface area contributed by atoms with Crippen molar-refractivity contribution in [2.75, 3.05) is 14.2 Å². The standard InChI is InChI=1S/C31H28O6/c1-34-24-13-17-26(18-14-24)36-28(30(32)22-9-5-3-6-10-22)21-29(31(33)23-11-7-4-8-12-23)37-27-19-15-25(35-2)16-20-27/h3-20,28-29H,21H2,1-2H3. The minimum absolute atomic E-state index is 0.000482. The molecule has 0 radical (unpaired) electrons. The summed E-state index contributed by atoms with van der Waals surface area (Å²) in [5, 5.41) is 0. The second kappa shape index (κ2) is 12.4. The van der Waals surface area contributed by atoms with Gasteiger partial charge in [0.05, 0.1) is 14.2 Å². The fraction of sp³-hybridized carbons (Fsp3) is 0.161. The lowest BCUT2D eigenvalue weighted by molar-refractivity contribution is 0.0588. The van der Waals surface area contributed by atoms with Crippen molar-refractivity contribution in [3.8, 4) is 23.0 Å². The van der Waals surface area contributed by atoms with Crippen molar-refractivity contribution in [2.24, 2.45) is 0 Å². The SMILES string of the molecule is COc1ccc(OC(CC(Oc2ccc(OC)cc2)C(=O)c2ccccc2)C(=O)c2ccccc2)cc1. The molecule has 0 aliphatic rings. The van der Waals surface area contributed by atoms with Crippen LogP contribution < -0.4 is 18.9 Å². The summed E-state index contributed by atoms with van der Waals surface area (Å²) in [6.45, 7) is 0. The lowest BCUT2D eigenvalue weighted by Crippen LogP contribution is -2.38. The van der Waals surface area contributed by atoms with Crippen LogP contribution in [0.2, 0.25) is 0 Å². The quantitative estimate of drug-likeness (QED) is 0.222. The second-order valence-corrected chi connectivity index (χ2v) is 8.26. The maximum Gasteiger partial charge on any atom is 0.203 e. The zero-order chi connectivity index (χ0) is 26.0. The van der Waals surface area contributed by atoms with E-state index in [1.54, 1.807) is 111 Å². The van der Waals surface area contributed by atoms with Crippen LogP contribution in [-0.4, -0.2) is 38.0 Å². The molecule has 0 aliphatic carbocycles. The first kappa shape index (κ1) is 25.5. The van der Waals surface area contributed by atoms with Crippen LogP contribution in [0.3, 0.4) is 0 Å². The van der Waals surface area contributed by atoms with Gasteiger partial charge in [0.2, 0.25) is 11.6 Å². The van der Waals surface area contributed by atoms with E-state index in [-0.39, 0.29) is 18.0 Å². The van der Waals surface area contributed by atoms with E-state index >= 15 is 0 Å². The van der Waals surface area contributed by atoms with Crippen LogP contribution in [0.15, 0.2) is 109 Å². The van der Waals surface area contributed by atoms with Gasteiger partial charge in [-0.2, -0.15) is 0 Å². The number of ether oxygens (including phenoxy) is 4. The highest BCUT2D eigenvalue weighted by atomic mass is 16.5. The van der Waals surface area contributed by atoms with Gasteiger partial charge in [0.1, 0.15) is 23.0 Å². The molecule has 0 heterocycles. The predicted octanol–water partition coefficient (Wildman–Crippen LogP) is 6.05. The van der Waals surface area contributed by atoms with Crippen LogP contribution in [-0.2, 0) is 0 Å². The predicted molar refractivity (Wildman–Crippen MR) is 141 cm³/mol. The largest absolute Gasteiger partial charge is 0.497 e. The summed E-state index contributed by atoms with van der Waals surface area (Å²) in [6.07, 6.45) is -1.96. The molecule has 4 aromatic carbocycles. The van der Waals surface area contributed by atoms with E-state index in [9.17, 15) is 9.59 Å². The molecular formula is C31H28O6. The Morgan fingerprint density at radius 2 is 0.838 bits per heavy atom. The van der Waals surface area contributed by atoms with Crippen molar-refractivity contribution in [1.29, 1.82) is 0 Å². The summed E-state index contributed by atoms with van der Waals surface area (Å²) in [5.74, 6) is 1.79. The first-order valence-corrected chi connectivity index (χ1v) is 11.9. The second-order valence-electron chi connectivity index (χ2n) is 8.26. The van der Waals surface area contributed by atoms with E-state index in [2.05, 4.69) is 0 Å². The fourth-order valence-electron chi connectivity index (χ4n) is 3.83. The Morgan fingerprint density at radius 1 is 0.514 bits per heavy atom. The van der Waals surface area contributed by atoms with Crippen LogP contribution in [0.5, 0.6) is 23.0 Å². The van der Waals surface area contributed by atoms with Crippen molar-refractivity contribution in [1.82, 2.24) is 0 Å². The number of methoxy groups -OCH3 is 2. The fourth-order valence-corrected chi connectivity index (χ4v) is 3.83. The lowest BCUT2D eigenvalue weighted by atomic mass is 9.96. The zero-order valence-corrected chi connectivity index (χ0v) is 20.7. The molecule has 0 saturated carbocycles. The summed E-state index contributed by atoms with van der Waals surface area (Å²) < 4.78 is 22.8. The highest BCUT2D eigenvalue weighted by Gasteiger charge is 2.32. The van der Waals surface area contributed by atoms with Gasteiger partial charge in [0.15, 0.2) is 12.2 Å². The van der Waals surface area contributed by atoms with Crippen molar-refractivity contribution in [3.05, 3.63) is 120 Å². The number of carbonyl (C=O) groups is 2. The summed E-state index contributed by atoms with van der Waals surface area (Å²) in [6, 6.07) is 31.6. The number of rotatable bonds is 12. The molecular weight excluding hydrogens is 468 g/mol. The molecule has 0 fully saturated rings. The monoisotopic (exact) mass is 496 g/mol. The van der Waals surface area contributed by atoms with Crippen LogP contribution in [0.1, 0.15) is 27.1 Å². The maximum absolute atomic E-state index is 13.6. The number of hydrogen-bond acceptors (Lipinski definition) is 6. The van der Waals surface area contributed by atoms with Gasteiger partial charge in [0, 0.05) is 17.5 Å². The molecule has 6 nitrogen and oxygen atoms in total. The summed E-state index contributed by atoms with van der Waals surface area (Å²) in [4.78, 5) is 27.1. The average Bonchev–Trinajstić information content (AvgIpc) is 2.97. The molecule has 0 bridgehead atoms. The number of Topliss-reactive ketones (excluding diaryl/α,β-unsaturated/α-hetero) is 2. The van der Waals surface area contributed by atoms with Crippen LogP contribution in [0, 0.1) is 0 Å². The molecule has 6 heteroatoms. The Hall–Kier alpha value is -4.58. The molecule has 37 heavy (non-hydrogen) atoms. The van der Waals surface area contributed by atoms with Gasteiger partial charge in [0.25, 0.3) is 0 Å². The van der Waals surface area contributed by atoms with Gasteiger partial charge < -0.3 is 18.9 Å². The Balaban J connectivity index is 1.66. The third-order valence-corrected chi connectivity index (χ3v) is 5.81. The first-order chi connectivity index (χ1) is 18.1. The van der Waals surface area contributed by atoms with Crippen molar-refractivity contribution < 1.29 is 28.5 Å². The van der Waals surface area contributed by atoms with E-state index in [0.29, 0.717) is 34.1 Å². The van der Waals surface area contributed by atoms with Crippen LogP contribution in [0.4, 0.5) is 0 Å². The highest BCUT2D eigenvalue weighted by molar-refractivity contribution is 6.02. The smallest absolute Gasteiger partial charge is 0.203 e. The number of benzene rings is 4. The molecule has 4 aromatic rings. The summed E-state index contributed by atoms with van der Waals surface area (Å²) >= 11 is 0. The Labute approximate surface area is 216 Å². The minimum atomic E-state index is -0.980. The van der Waals surface area contributed by atoms with E-state index in [1.165, 1.54) is 0 Å². The van der Waals surface area contributed by atoms with Crippen molar-refractivity contribution >= 4 is 11.6 Å². The molecule has 2 atom stereocenters. The van der Waals surface area contributed by atoms with Crippen molar-refractivity contribution in [3.63, 3.8) is 0 Å². The number of ketones is 2. The molecule has 2 unspecified atom stereocenters. The third-order valence-electron chi connectivity index (χ3n) is 5.81. The van der Waals surface area contributed by atoms with E-state index < -0.39 is 12.2 Å². The Kier molecular flexibility index (Phi) is 8.55. The van der Waals surface area contributed by atoms with Crippen LogP contribution >= 0.6 is 0 Å². The molecule has 188 valence electrons. The molecule has 0 N–H and O–H groups in total. The average molecular weight is 497 g/mol. The van der Waals surface area contributed by atoms with Gasteiger partial charge in [-0.1, -0.05) is 60.7 Å². The van der Waals surface area contributed by atoms with E-state index in [0.717, 1.165) is 0 Å². The molecule has 0 spiro atoms. The molecule has 0 amide bonds.